The van der Waals surface area contributed by atoms with Crippen molar-refractivity contribution in [1.29, 1.82) is 0 Å². The van der Waals surface area contributed by atoms with Crippen LogP contribution in [0.25, 0.3) is 0 Å². The summed E-state index contributed by atoms with van der Waals surface area (Å²) in [6.45, 7) is 3.39. The Balaban J connectivity index is 1.96. The zero-order valence-electron chi connectivity index (χ0n) is 13.7. The summed E-state index contributed by atoms with van der Waals surface area (Å²) in [5, 5.41) is 3.06. The zero-order valence-corrected chi connectivity index (χ0v) is 14.5. The third-order valence-corrected chi connectivity index (χ3v) is 5.58. The van der Waals surface area contributed by atoms with Gasteiger partial charge in [0.1, 0.15) is 5.41 Å². The first kappa shape index (κ1) is 15.3. The molecule has 1 fully saturated rings. The molecular formula is C19H18N2O2S. The summed E-state index contributed by atoms with van der Waals surface area (Å²) in [5.41, 5.74) is 2.72. The Bertz CT molecular complexity index is 779. The van der Waals surface area contributed by atoms with Crippen LogP contribution >= 0.6 is 11.8 Å². The van der Waals surface area contributed by atoms with Gasteiger partial charge in [0.2, 0.25) is 0 Å². The standard InChI is InChI=1S/C19H18N2O2S/c1-19(2)17(22)20-15-7-3-5-13(9-15)11-24-12-14-6-4-8-16(10-14)21(20)18(19)23/h3-10H,11-12H2,1-2H3. The minimum atomic E-state index is -1.06. The zero-order chi connectivity index (χ0) is 16.9. The molecule has 5 heteroatoms. The number of rotatable bonds is 0. The molecule has 0 spiro atoms. The first-order valence-electron chi connectivity index (χ1n) is 7.93. The number of hydrogen-bond acceptors (Lipinski definition) is 3. The smallest absolute Gasteiger partial charge is 0.261 e. The van der Waals surface area contributed by atoms with Crippen molar-refractivity contribution in [2.24, 2.45) is 5.41 Å². The second-order valence-corrected chi connectivity index (χ2v) is 7.68. The van der Waals surface area contributed by atoms with E-state index in [1.54, 1.807) is 13.8 Å². The highest BCUT2D eigenvalue weighted by Crippen LogP contribution is 2.39. The Morgan fingerprint density at radius 1 is 0.833 bits per heavy atom. The van der Waals surface area contributed by atoms with Gasteiger partial charge >= 0.3 is 0 Å². The third-order valence-electron chi connectivity index (χ3n) is 4.50. The molecule has 4 rings (SSSR count). The molecule has 0 N–H and O–H groups in total. The molecule has 2 aromatic carbocycles. The first-order valence-corrected chi connectivity index (χ1v) is 9.08. The summed E-state index contributed by atoms with van der Waals surface area (Å²) in [5.74, 6) is 1.36. The SMILES string of the molecule is CC1(C)C(=O)N2c3cccc(c3)CSCc3cccc(c3)N2C1=O. The highest BCUT2D eigenvalue weighted by Gasteiger charge is 2.53. The van der Waals surface area contributed by atoms with Crippen LogP contribution in [0.1, 0.15) is 25.0 Å². The van der Waals surface area contributed by atoms with Crippen LogP contribution in [-0.2, 0) is 21.1 Å². The van der Waals surface area contributed by atoms with Crippen LogP contribution in [0.2, 0.25) is 0 Å². The maximum atomic E-state index is 13.0. The van der Waals surface area contributed by atoms with E-state index in [9.17, 15) is 9.59 Å². The molecular weight excluding hydrogens is 320 g/mol. The quantitative estimate of drug-likeness (QED) is 0.687. The Morgan fingerprint density at radius 3 is 1.75 bits per heavy atom. The van der Waals surface area contributed by atoms with Gasteiger partial charge in [-0.05, 0) is 49.2 Å². The summed E-state index contributed by atoms with van der Waals surface area (Å²) < 4.78 is 0. The van der Waals surface area contributed by atoms with Gasteiger partial charge in [0.05, 0.1) is 11.4 Å². The highest BCUT2D eigenvalue weighted by molar-refractivity contribution is 7.97. The lowest BCUT2D eigenvalue weighted by molar-refractivity contribution is -0.132. The van der Waals surface area contributed by atoms with Gasteiger partial charge in [0.15, 0.2) is 0 Å². The molecule has 122 valence electrons. The lowest BCUT2D eigenvalue weighted by Crippen LogP contribution is -2.41. The van der Waals surface area contributed by atoms with Crippen LogP contribution in [0.5, 0.6) is 0 Å². The van der Waals surface area contributed by atoms with Gasteiger partial charge in [-0.2, -0.15) is 11.8 Å². The van der Waals surface area contributed by atoms with Crippen molar-refractivity contribution in [2.75, 3.05) is 10.0 Å². The summed E-state index contributed by atoms with van der Waals surface area (Å²) in [7, 11) is 0. The highest BCUT2D eigenvalue weighted by atomic mass is 32.2. The van der Waals surface area contributed by atoms with E-state index in [1.807, 2.05) is 48.2 Å². The maximum Gasteiger partial charge on any atom is 0.261 e. The normalized spacial score (nSPS) is 19.1. The van der Waals surface area contributed by atoms with Crippen LogP contribution in [0.3, 0.4) is 0 Å². The number of anilines is 2. The van der Waals surface area contributed by atoms with Crippen molar-refractivity contribution < 1.29 is 9.59 Å². The van der Waals surface area contributed by atoms with E-state index in [2.05, 4.69) is 12.1 Å². The van der Waals surface area contributed by atoms with Gasteiger partial charge in [-0.1, -0.05) is 24.3 Å². The fourth-order valence-electron chi connectivity index (χ4n) is 3.11. The predicted octanol–water partition coefficient (Wildman–Crippen LogP) is 3.75. The number of hydrogen-bond donors (Lipinski definition) is 0. The number of nitrogens with zero attached hydrogens (tertiary/aromatic N) is 2. The van der Waals surface area contributed by atoms with E-state index in [0.717, 1.165) is 34.0 Å². The predicted molar refractivity (Wildman–Crippen MR) is 96.6 cm³/mol. The molecule has 4 bridgehead atoms. The summed E-state index contributed by atoms with van der Waals surface area (Å²) in [6.07, 6.45) is 0. The number of fused-ring (bicyclic) bond motifs is 7. The molecule has 2 heterocycles. The van der Waals surface area contributed by atoms with Gasteiger partial charge < -0.3 is 0 Å². The second-order valence-electron chi connectivity index (χ2n) is 6.69. The van der Waals surface area contributed by atoms with Gasteiger partial charge in [-0.25, -0.2) is 10.0 Å². The van der Waals surface area contributed by atoms with Gasteiger partial charge in [-0.15, -0.1) is 0 Å². The lowest BCUT2D eigenvalue weighted by atomic mass is 9.92. The van der Waals surface area contributed by atoms with E-state index in [-0.39, 0.29) is 11.8 Å². The lowest BCUT2D eigenvalue weighted by Gasteiger charge is -2.28. The number of amides is 2. The fourth-order valence-corrected chi connectivity index (χ4v) is 4.04. The largest absolute Gasteiger partial charge is 0.271 e. The van der Waals surface area contributed by atoms with Crippen molar-refractivity contribution in [2.45, 2.75) is 25.4 Å². The van der Waals surface area contributed by atoms with Crippen LogP contribution in [-0.4, -0.2) is 11.8 Å². The third kappa shape index (κ3) is 2.23. The van der Waals surface area contributed by atoms with Crippen molar-refractivity contribution in [1.82, 2.24) is 0 Å². The van der Waals surface area contributed by atoms with E-state index in [4.69, 9.17) is 0 Å². The topological polar surface area (TPSA) is 40.6 Å². The van der Waals surface area contributed by atoms with Crippen molar-refractivity contribution in [3.63, 3.8) is 0 Å². The molecule has 2 aliphatic rings. The minimum absolute atomic E-state index is 0.193. The molecule has 2 amide bonds. The molecule has 24 heavy (non-hydrogen) atoms. The Kier molecular flexibility index (Phi) is 3.42. The van der Waals surface area contributed by atoms with E-state index in [0.29, 0.717) is 0 Å². The summed E-state index contributed by atoms with van der Waals surface area (Å²) in [4.78, 5) is 26.0. The number of benzene rings is 2. The molecule has 1 saturated heterocycles. The van der Waals surface area contributed by atoms with Crippen molar-refractivity contribution in [3.05, 3.63) is 59.7 Å². The van der Waals surface area contributed by atoms with Crippen LogP contribution in [0, 0.1) is 5.41 Å². The number of carbonyl (C=O) groups excluding carboxylic acids is 2. The van der Waals surface area contributed by atoms with Crippen LogP contribution < -0.4 is 10.0 Å². The molecule has 0 aromatic heterocycles. The number of hydrazine groups is 1. The van der Waals surface area contributed by atoms with Crippen molar-refractivity contribution in [3.8, 4) is 0 Å². The molecule has 0 aliphatic carbocycles. The van der Waals surface area contributed by atoms with Gasteiger partial charge in [0, 0.05) is 11.5 Å². The Hall–Kier alpha value is -2.27. The van der Waals surface area contributed by atoms with Gasteiger partial charge in [-0.3, -0.25) is 9.59 Å². The van der Waals surface area contributed by atoms with E-state index < -0.39 is 5.41 Å². The van der Waals surface area contributed by atoms with E-state index >= 15 is 0 Å². The molecule has 0 saturated carbocycles. The minimum Gasteiger partial charge on any atom is -0.271 e. The molecule has 0 atom stereocenters. The monoisotopic (exact) mass is 338 g/mol. The summed E-state index contributed by atoms with van der Waals surface area (Å²) in [6, 6.07) is 15.8. The average Bonchev–Trinajstić information content (AvgIpc) is 2.75. The average molecular weight is 338 g/mol. The molecule has 4 nitrogen and oxygen atoms in total. The molecule has 0 radical (unpaired) electrons. The maximum absolute atomic E-state index is 13.0. The Labute approximate surface area is 145 Å². The van der Waals surface area contributed by atoms with E-state index in [1.165, 1.54) is 10.0 Å². The molecule has 0 unspecified atom stereocenters. The molecule has 2 aromatic rings. The Morgan fingerprint density at radius 2 is 1.29 bits per heavy atom. The first-order chi connectivity index (χ1) is 11.5. The molecule has 2 aliphatic heterocycles. The van der Waals surface area contributed by atoms with Crippen molar-refractivity contribution >= 4 is 35.0 Å². The number of carbonyl (C=O) groups is 2. The fraction of sp³-hybridized carbons (Fsp3) is 0.263. The van der Waals surface area contributed by atoms with Gasteiger partial charge in [0.25, 0.3) is 11.8 Å². The summed E-state index contributed by atoms with van der Waals surface area (Å²) >= 11 is 1.83. The van der Waals surface area contributed by atoms with Crippen LogP contribution in [0.15, 0.2) is 48.5 Å². The van der Waals surface area contributed by atoms with Crippen LogP contribution in [0.4, 0.5) is 11.4 Å². The number of thioether (sulfide) groups is 1. The second kappa shape index (κ2) is 5.38.